The minimum Gasteiger partial charge on any atom is -0.456 e. The van der Waals surface area contributed by atoms with Gasteiger partial charge in [-0.3, -0.25) is 0 Å². The number of aromatic nitrogens is 3. The normalized spacial score (nSPS) is 12.0. The monoisotopic (exact) mass is 613 g/mol. The third-order valence-electron chi connectivity index (χ3n) is 8.60. The molecule has 4 aromatic heterocycles. The van der Waals surface area contributed by atoms with Crippen molar-refractivity contribution in [1.29, 1.82) is 0 Å². The van der Waals surface area contributed by atoms with Gasteiger partial charge in [-0.15, -0.1) is 11.3 Å². The summed E-state index contributed by atoms with van der Waals surface area (Å²) in [4.78, 5) is 15.0. The lowest BCUT2D eigenvalue weighted by Gasteiger charge is -2.09. The number of rotatable bonds is 3. The van der Waals surface area contributed by atoms with Crippen molar-refractivity contribution in [3.8, 4) is 34.2 Å². The second-order valence-electron chi connectivity index (χ2n) is 11.4. The zero-order chi connectivity index (χ0) is 30.4. The number of benzene rings is 6. The molecule has 0 spiro atoms. The summed E-state index contributed by atoms with van der Waals surface area (Å²) >= 11 is 1.77. The van der Waals surface area contributed by atoms with Crippen LogP contribution >= 0.6 is 11.3 Å². The molecule has 46 heavy (non-hydrogen) atoms. The molecule has 0 radical (unpaired) electrons. The van der Waals surface area contributed by atoms with E-state index in [1.165, 1.54) is 32.3 Å². The molecule has 10 aromatic rings. The van der Waals surface area contributed by atoms with Crippen LogP contribution in [-0.2, 0) is 0 Å². The Labute approximate surface area is 264 Å². The van der Waals surface area contributed by atoms with Crippen molar-refractivity contribution < 1.29 is 13.2 Å². The fourth-order valence-electron chi connectivity index (χ4n) is 6.38. The summed E-state index contributed by atoms with van der Waals surface area (Å²) in [6, 6.07) is 39.4. The Hall–Kier alpha value is -5.92. The van der Waals surface area contributed by atoms with Gasteiger partial charge in [0.2, 0.25) is 0 Å². The molecule has 0 amide bonds. The molecule has 0 saturated carbocycles. The van der Waals surface area contributed by atoms with E-state index < -0.39 is 0 Å². The maximum atomic E-state index is 13.9. The first kappa shape index (κ1) is 25.4. The van der Waals surface area contributed by atoms with Crippen LogP contribution in [0.2, 0.25) is 0 Å². The highest BCUT2D eigenvalue weighted by Gasteiger charge is 2.17. The first-order valence-electron chi connectivity index (χ1n) is 14.9. The van der Waals surface area contributed by atoms with Crippen LogP contribution in [0, 0.1) is 5.82 Å². The lowest BCUT2D eigenvalue weighted by atomic mass is 10.1. The molecule has 10 rings (SSSR count). The fourth-order valence-corrected chi connectivity index (χ4v) is 7.47. The van der Waals surface area contributed by atoms with Gasteiger partial charge in [0.1, 0.15) is 28.1 Å². The average Bonchev–Trinajstić information content (AvgIpc) is 3.77. The zero-order valence-corrected chi connectivity index (χ0v) is 24.8. The topological polar surface area (TPSA) is 65.0 Å². The molecule has 4 heterocycles. The molecule has 0 unspecified atom stereocenters. The molecular weight excluding hydrogens is 594 g/mol. The Morgan fingerprint density at radius 2 is 0.913 bits per heavy atom. The molecule has 0 bridgehead atoms. The van der Waals surface area contributed by atoms with E-state index in [1.54, 1.807) is 17.4 Å². The van der Waals surface area contributed by atoms with Gasteiger partial charge in [0, 0.05) is 64.5 Å². The molecule has 0 N–H and O–H groups in total. The van der Waals surface area contributed by atoms with Crippen LogP contribution < -0.4 is 0 Å². The van der Waals surface area contributed by atoms with E-state index in [0.29, 0.717) is 28.6 Å². The molecule has 0 aliphatic carbocycles. The summed E-state index contributed by atoms with van der Waals surface area (Å²) in [7, 11) is 0. The standard InChI is InChI=1S/C39H20FN3O2S/c40-24-12-15-28-27-14-10-23(19-33(27)45-34(28)20-24)39-42-37(21-11-16-36-30(17-21)29-6-2-4-8-35(29)46-36)41-38(43-39)22-9-13-26-25-5-1-3-7-31(25)44-32(26)18-22/h1-20H. The predicted molar refractivity (Wildman–Crippen MR) is 184 cm³/mol. The van der Waals surface area contributed by atoms with Crippen molar-refractivity contribution >= 4 is 75.4 Å². The number of hydrogen-bond donors (Lipinski definition) is 0. The van der Waals surface area contributed by atoms with Crippen LogP contribution in [-0.4, -0.2) is 15.0 Å². The van der Waals surface area contributed by atoms with Crippen LogP contribution in [0.25, 0.3) is 98.2 Å². The maximum Gasteiger partial charge on any atom is 0.164 e. The van der Waals surface area contributed by atoms with Crippen molar-refractivity contribution in [1.82, 2.24) is 15.0 Å². The number of furan rings is 2. The quantitative estimate of drug-likeness (QED) is 0.198. The Kier molecular flexibility index (Phi) is 5.27. The van der Waals surface area contributed by atoms with Crippen LogP contribution in [0.15, 0.2) is 130 Å². The average molecular weight is 614 g/mol. The smallest absolute Gasteiger partial charge is 0.164 e. The highest BCUT2D eigenvalue weighted by Crippen LogP contribution is 2.38. The van der Waals surface area contributed by atoms with Crippen molar-refractivity contribution in [2.75, 3.05) is 0 Å². The van der Waals surface area contributed by atoms with E-state index in [0.717, 1.165) is 49.4 Å². The molecule has 0 aliphatic rings. The van der Waals surface area contributed by atoms with Crippen LogP contribution in [0.3, 0.4) is 0 Å². The van der Waals surface area contributed by atoms with E-state index in [1.807, 2.05) is 48.5 Å². The number of nitrogens with zero attached hydrogens (tertiary/aromatic N) is 3. The SMILES string of the molecule is Fc1ccc2c(c1)oc1cc(-c3nc(-c4ccc5c(c4)oc4ccccc45)nc(-c4ccc5sc6ccccc6c5c4)n3)ccc12. The zero-order valence-electron chi connectivity index (χ0n) is 24.0. The van der Waals surface area contributed by atoms with Gasteiger partial charge in [0.05, 0.1) is 0 Å². The van der Waals surface area contributed by atoms with Crippen LogP contribution in [0.1, 0.15) is 0 Å². The van der Waals surface area contributed by atoms with Gasteiger partial charge in [0.15, 0.2) is 17.5 Å². The number of halogens is 1. The summed E-state index contributed by atoms with van der Waals surface area (Å²) in [5.74, 6) is 1.27. The molecular formula is C39H20FN3O2S. The first-order valence-corrected chi connectivity index (χ1v) is 15.7. The van der Waals surface area contributed by atoms with Crippen molar-refractivity contribution in [3.63, 3.8) is 0 Å². The third kappa shape index (κ3) is 3.89. The minimum absolute atomic E-state index is 0.338. The van der Waals surface area contributed by atoms with E-state index in [2.05, 4.69) is 54.6 Å². The lowest BCUT2D eigenvalue weighted by molar-refractivity contribution is 0.618. The molecule has 0 aliphatic heterocycles. The lowest BCUT2D eigenvalue weighted by Crippen LogP contribution is -2.00. The molecule has 0 atom stereocenters. The van der Waals surface area contributed by atoms with E-state index >= 15 is 0 Å². The predicted octanol–water partition coefficient (Wildman–Crippen LogP) is 11.2. The molecule has 6 aromatic carbocycles. The van der Waals surface area contributed by atoms with Crippen LogP contribution in [0.4, 0.5) is 4.39 Å². The maximum absolute atomic E-state index is 13.9. The van der Waals surface area contributed by atoms with Gasteiger partial charge in [-0.25, -0.2) is 19.3 Å². The molecule has 0 fully saturated rings. The van der Waals surface area contributed by atoms with Crippen LogP contribution in [0.5, 0.6) is 0 Å². The fraction of sp³-hybridized carbons (Fsp3) is 0. The molecule has 216 valence electrons. The van der Waals surface area contributed by atoms with Gasteiger partial charge >= 0.3 is 0 Å². The largest absolute Gasteiger partial charge is 0.456 e. The minimum atomic E-state index is -0.338. The highest BCUT2D eigenvalue weighted by molar-refractivity contribution is 7.25. The summed E-state index contributed by atoms with van der Waals surface area (Å²) in [6.45, 7) is 0. The number of para-hydroxylation sites is 1. The second kappa shape index (κ2) is 9.54. The number of hydrogen-bond acceptors (Lipinski definition) is 6. The number of fused-ring (bicyclic) bond motifs is 9. The van der Waals surface area contributed by atoms with Gasteiger partial charge in [-0.1, -0.05) is 48.5 Å². The Morgan fingerprint density at radius 1 is 0.413 bits per heavy atom. The van der Waals surface area contributed by atoms with Gasteiger partial charge < -0.3 is 8.83 Å². The summed E-state index contributed by atoms with van der Waals surface area (Å²) in [6.07, 6.45) is 0. The summed E-state index contributed by atoms with van der Waals surface area (Å²) in [5, 5.41) is 6.24. The van der Waals surface area contributed by atoms with Crippen molar-refractivity contribution in [2.45, 2.75) is 0 Å². The van der Waals surface area contributed by atoms with Gasteiger partial charge in [-0.05, 0) is 66.7 Å². The third-order valence-corrected chi connectivity index (χ3v) is 9.75. The van der Waals surface area contributed by atoms with E-state index in [-0.39, 0.29) is 5.82 Å². The van der Waals surface area contributed by atoms with Gasteiger partial charge in [-0.2, -0.15) is 0 Å². The summed E-state index contributed by atoms with van der Waals surface area (Å²) < 4.78 is 28.7. The highest BCUT2D eigenvalue weighted by atomic mass is 32.1. The Morgan fingerprint density at radius 3 is 1.63 bits per heavy atom. The summed E-state index contributed by atoms with van der Waals surface area (Å²) in [5.41, 5.74) is 5.22. The Balaban J connectivity index is 1.19. The van der Waals surface area contributed by atoms with Crippen molar-refractivity contribution in [2.24, 2.45) is 0 Å². The van der Waals surface area contributed by atoms with E-state index in [4.69, 9.17) is 23.8 Å². The Bertz CT molecular complexity index is 2850. The second-order valence-corrected chi connectivity index (χ2v) is 12.5. The molecule has 0 saturated heterocycles. The van der Waals surface area contributed by atoms with Crippen molar-refractivity contribution in [3.05, 3.63) is 127 Å². The number of thiophene rings is 1. The van der Waals surface area contributed by atoms with E-state index in [9.17, 15) is 4.39 Å². The first-order chi connectivity index (χ1) is 22.6. The van der Waals surface area contributed by atoms with Gasteiger partial charge in [0.25, 0.3) is 0 Å². The molecule has 7 heteroatoms. The molecule has 5 nitrogen and oxygen atoms in total.